The lowest BCUT2D eigenvalue weighted by atomic mass is 9.92. The molecule has 0 spiro atoms. The standard InChI is InChI=1S/C18H28N2O/c1-14-12-17(13-20(14)18-6-4-3-5-7-18)19-15(2)16-8-10-21-11-9-16/h3-7,14-17,19H,8-13H2,1-2H3/t14-,15-,17+/m0/s1. The smallest absolute Gasteiger partial charge is 0.0469 e. The van der Waals surface area contributed by atoms with Crippen LogP contribution in [0.25, 0.3) is 0 Å². The van der Waals surface area contributed by atoms with Crippen LogP contribution in [0.1, 0.15) is 33.1 Å². The van der Waals surface area contributed by atoms with E-state index in [1.807, 2.05) is 0 Å². The molecule has 1 aromatic carbocycles. The van der Waals surface area contributed by atoms with Crippen molar-refractivity contribution in [2.45, 2.75) is 51.2 Å². The molecule has 2 aliphatic heterocycles. The highest BCUT2D eigenvalue weighted by Crippen LogP contribution is 2.26. The summed E-state index contributed by atoms with van der Waals surface area (Å²) in [6.45, 7) is 7.69. The third-order valence-electron chi connectivity index (χ3n) is 5.13. The molecular formula is C18H28N2O. The van der Waals surface area contributed by atoms with Crippen molar-refractivity contribution in [3.63, 3.8) is 0 Å². The number of anilines is 1. The lowest BCUT2D eigenvalue weighted by Gasteiger charge is -2.30. The first-order valence-corrected chi connectivity index (χ1v) is 8.39. The van der Waals surface area contributed by atoms with Gasteiger partial charge in [-0.1, -0.05) is 18.2 Å². The summed E-state index contributed by atoms with van der Waals surface area (Å²) >= 11 is 0. The number of ether oxygens (including phenoxy) is 1. The van der Waals surface area contributed by atoms with Gasteiger partial charge in [0.05, 0.1) is 0 Å². The van der Waals surface area contributed by atoms with Crippen LogP contribution in [-0.4, -0.2) is 37.9 Å². The summed E-state index contributed by atoms with van der Waals surface area (Å²) in [5.74, 6) is 0.778. The van der Waals surface area contributed by atoms with Gasteiger partial charge in [0.25, 0.3) is 0 Å². The van der Waals surface area contributed by atoms with E-state index in [-0.39, 0.29) is 0 Å². The van der Waals surface area contributed by atoms with E-state index < -0.39 is 0 Å². The molecule has 0 aliphatic carbocycles. The Morgan fingerprint density at radius 1 is 1.19 bits per heavy atom. The van der Waals surface area contributed by atoms with Gasteiger partial charge in [0.1, 0.15) is 0 Å². The number of para-hydroxylation sites is 1. The molecule has 3 heteroatoms. The van der Waals surface area contributed by atoms with Crippen molar-refractivity contribution < 1.29 is 4.74 Å². The molecule has 0 unspecified atom stereocenters. The maximum absolute atomic E-state index is 5.48. The van der Waals surface area contributed by atoms with Crippen LogP contribution in [0.15, 0.2) is 30.3 Å². The van der Waals surface area contributed by atoms with Crippen LogP contribution >= 0.6 is 0 Å². The number of nitrogens with one attached hydrogen (secondary N) is 1. The third-order valence-corrected chi connectivity index (χ3v) is 5.13. The molecule has 1 N–H and O–H groups in total. The van der Waals surface area contributed by atoms with E-state index in [1.165, 1.54) is 24.9 Å². The SMILES string of the molecule is C[C@H](N[C@@H]1C[C@H](C)N(c2ccccc2)C1)C1CCOCC1. The van der Waals surface area contributed by atoms with Gasteiger partial charge in [0.2, 0.25) is 0 Å². The zero-order chi connectivity index (χ0) is 14.7. The van der Waals surface area contributed by atoms with Crippen LogP contribution < -0.4 is 10.2 Å². The summed E-state index contributed by atoms with van der Waals surface area (Å²) in [5.41, 5.74) is 1.35. The molecule has 0 bridgehead atoms. The minimum Gasteiger partial charge on any atom is -0.381 e. The number of rotatable bonds is 4. The summed E-state index contributed by atoms with van der Waals surface area (Å²) < 4.78 is 5.48. The van der Waals surface area contributed by atoms with Crippen molar-refractivity contribution >= 4 is 5.69 Å². The molecule has 2 fully saturated rings. The highest BCUT2D eigenvalue weighted by molar-refractivity contribution is 5.48. The van der Waals surface area contributed by atoms with Gasteiger partial charge in [-0.05, 0) is 51.2 Å². The quantitative estimate of drug-likeness (QED) is 0.921. The monoisotopic (exact) mass is 288 g/mol. The second-order valence-corrected chi connectivity index (χ2v) is 6.67. The third kappa shape index (κ3) is 3.58. The lowest BCUT2D eigenvalue weighted by Crippen LogP contribution is -2.43. The average Bonchev–Trinajstić information content (AvgIpc) is 2.89. The maximum Gasteiger partial charge on any atom is 0.0469 e. The van der Waals surface area contributed by atoms with Crippen LogP contribution in [0.3, 0.4) is 0 Å². The Morgan fingerprint density at radius 3 is 2.62 bits per heavy atom. The normalized spacial score (nSPS) is 28.8. The van der Waals surface area contributed by atoms with E-state index in [9.17, 15) is 0 Å². The largest absolute Gasteiger partial charge is 0.381 e. The lowest BCUT2D eigenvalue weighted by molar-refractivity contribution is 0.0547. The Labute approximate surface area is 128 Å². The van der Waals surface area contributed by atoms with Gasteiger partial charge in [-0.2, -0.15) is 0 Å². The highest BCUT2D eigenvalue weighted by Gasteiger charge is 2.31. The Morgan fingerprint density at radius 2 is 1.90 bits per heavy atom. The van der Waals surface area contributed by atoms with Gasteiger partial charge in [0.15, 0.2) is 0 Å². The predicted octanol–water partition coefficient (Wildman–Crippen LogP) is 3.06. The molecular weight excluding hydrogens is 260 g/mol. The first-order chi connectivity index (χ1) is 10.2. The number of hydrogen-bond acceptors (Lipinski definition) is 3. The Balaban J connectivity index is 1.56. The molecule has 21 heavy (non-hydrogen) atoms. The van der Waals surface area contributed by atoms with Crippen molar-refractivity contribution in [1.29, 1.82) is 0 Å². The van der Waals surface area contributed by atoms with Crippen molar-refractivity contribution in [1.82, 2.24) is 5.32 Å². The second kappa shape index (κ2) is 6.80. The van der Waals surface area contributed by atoms with Crippen LogP contribution in [-0.2, 0) is 4.74 Å². The van der Waals surface area contributed by atoms with E-state index >= 15 is 0 Å². The van der Waals surface area contributed by atoms with Gasteiger partial charge in [-0.15, -0.1) is 0 Å². The average molecular weight is 288 g/mol. The van der Waals surface area contributed by atoms with Crippen LogP contribution in [0.4, 0.5) is 5.69 Å². The molecule has 0 aromatic heterocycles. The van der Waals surface area contributed by atoms with Crippen molar-refractivity contribution in [3.8, 4) is 0 Å². The highest BCUT2D eigenvalue weighted by atomic mass is 16.5. The molecule has 2 saturated heterocycles. The number of nitrogens with zero attached hydrogens (tertiary/aromatic N) is 1. The molecule has 0 amide bonds. The molecule has 116 valence electrons. The van der Waals surface area contributed by atoms with Crippen molar-refractivity contribution in [2.24, 2.45) is 5.92 Å². The topological polar surface area (TPSA) is 24.5 Å². The zero-order valence-corrected chi connectivity index (χ0v) is 13.3. The van der Waals surface area contributed by atoms with Gasteiger partial charge >= 0.3 is 0 Å². The van der Waals surface area contributed by atoms with E-state index in [0.717, 1.165) is 25.7 Å². The van der Waals surface area contributed by atoms with E-state index in [4.69, 9.17) is 4.74 Å². The first-order valence-electron chi connectivity index (χ1n) is 8.39. The molecule has 0 radical (unpaired) electrons. The van der Waals surface area contributed by atoms with Gasteiger partial charge < -0.3 is 15.0 Å². The summed E-state index contributed by atoms with van der Waals surface area (Å²) in [7, 11) is 0. The minimum absolute atomic E-state index is 0.599. The fourth-order valence-corrected chi connectivity index (χ4v) is 3.85. The summed E-state index contributed by atoms with van der Waals surface area (Å²) in [6, 6.07) is 12.6. The van der Waals surface area contributed by atoms with Gasteiger partial charge in [-0.25, -0.2) is 0 Å². The van der Waals surface area contributed by atoms with E-state index in [0.29, 0.717) is 18.1 Å². The number of hydrogen-bond donors (Lipinski definition) is 1. The molecule has 3 nitrogen and oxygen atoms in total. The maximum atomic E-state index is 5.48. The molecule has 3 rings (SSSR count). The fourth-order valence-electron chi connectivity index (χ4n) is 3.85. The summed E-state index contributed by atoms with van der Waals surface area (Å²) in [4.78, 5) is 2.54. The minimum atomic E-state index is 0.599. The van der Waals surface area contributed by atoms with E-state index in [2.05, 4.69) is 54.4 Å². The Bertz CT molecular complexity index is 430. The fraction of sp³-hybridized carbons (Fsp3) is 0.667. The molecule has 3 atom stereocenters. The first kappa shape index (κ1) is 14.9. The van der Waals surface area contributed by atoms with Gasteiger partial charge in [-0.3, -0.25) is 0 Å². The van der Waals surface area contributed by atoms with Gasteiger partial charge in [0, 0.05) is 43.6 Å². The second-order valence-electron chi connectivity index (χ2n) is 6.67. The van der Waals surface area contributed by atoms with Crippen molar-refractivity contribution in [3.05, 3.63) is 30.3 Å². The van der Waals surface area contributed by atoms with Crippen molar-refractivity contribution in [2.75, 3.05) is 24.7 Å². The molecule has 1 aromatic rings. The Kier molecular flexibility index (Phi) is 4.81. The van der Waals surface area contributed by atoms with Crippen LogP contribution in [0, 0.1) is 5.92 Å². The van der Waals surface area contributed by atoms with E-state index in [1.54, 1.807) is 0 Å². The molecule has 2 aliphatic rings. The summed E-state index contributed by atoms with van der Waals surface area (Å²) in [5, 5.41) is 3.88. The van der Waals surface area contributed by atoms with Crippen LogP contribution in [0.5, 0.6) is 0 Å². The predicted molar refractivity (Wildman–Crippen MR) is 87.8 cm³/mol. The summed E-state index contributed by atoms with van der Waals surface area (Å²) in [6.07, 6.45) is 3.65. The molecule has 2 heterocycles. The molecule has 0 saturated carbocycles. The number of benzene rings is 1. The Hall–Kier alpha value is -1.06. The van der Waals surface area contributed by atoms with Crippen LogP contribution in [0.2, 0.25) is 0 Å². The zero-order valence-electron chi connectivity index (χ0n) is 13.3.